The summed E-state index contributed by atoms with van der Waals surface area (Å²) in [5, 5.41) is 10.2. The number of piperazine rings is 1. The lowest BCUT2D eigenvalue weighted by atomic mass is 9.89. The monoisotopic (exact) mass is 335 g/mol. The van der Waals surface area contributed by atoms with Crippen LogP contribution in [0.3, 0.4) is 0 Å². The van der Waals surface area contributed by atoms with E-state index in [-0.39, 0.29) is 17.3 Å². The van der Waals surface area contributed by atoms with Crippen LogP contribution in [0, 0.1) is 5.41 Å². The Morgan fingerprint density at radius 3 is 2.05 bits per heavy atom. The molecule has 1 aliphatic rings. The number of β-amino-alcohol motifs (C(OH)–C–C–N with tert-alkyl or cyclic N) is 1. The zero-order chi connectivity index (χ0) is 17.0. The van der Waals surface area contributed by atoms with E-state index in [2.05, 4.69) is 30.6 Å². The number of rotatable bonds is 7. The predicted molar refractivity (Wildman–Crippen MR) is 90.4 cm³/mol. The molecule has 0 spiro atoms. The molecule has 0 aromatic carbocycles. The maximum absolute atomic E-state index is 11.7. The fourth-order valence-corrected chi connectivity index (χ4v) is 3.23. The molecule has 1 saturated heterocycles. The summed E-state index contributed by atoms with van der Waals surface area (Å²) in [6.07, 6.45) is 0.356. The van der Waals surface area contributed by atoms with E-state index in [4.69, 9.17) is 0 Å². The second-order valence-corrected chi connectivity index (χ2v) is 9.78. The third-order valence-corrected chi connectivity index (χ3v) is 6.25. The average Bonchev–Trinajstić information content (AvgIpc) is 2.39. The van der Waals surface area contributed by atoms with Crippen LogP contribution < -0.4 is 0 Å². The van der Waals surface area contributed by atoms with Crippen LogP contribution in [0.1, 0.15) is 27.2 Å². The highest BCUT2D eigenvalue weighted by molar-refractivity contribution is 7.89. The molecule has 0 amide bonds. The van der Waals surface area contributed by atoms with E-state index < -0.39 is 10.0 Å². The van der Waals surface area contributed by atoms with Gasteiger partial charge in [-0.15, -0.1) is 0 Å². The summed E-state index contributed by atoms with van der Waals surface area (Å²) in [5.41, 5.74) is -0.0856. The summed E-state index contributed by atoms with van der Waals surface area (Å²) < 4.78 is 24.7. The van der Waals surface area contributed by atoms with Crippen molar-refractivity contribution in [2.24, 2.45) is 5.41 Å². The van der Waals surface area contributed by atoms with Gasteiger partial charge in [-0.25, -0.2) is 12.7 Å². The lowest BCUT2D eigenvalue weighted by Crippen LogP contribution is -2.50. The highest BCUT2D eigenvalue weighted by Gasteiger charge is 2.26. The van der Waals surface area contributed by atoms with E-state index in [9.17, 15) is 13.5 Å². The number of hydrogen-bond donors (Lipinski definition) is 1. The van der Waals surface area contributed by atoms with Gasteiger partial charge in [-0.1, -0.05) is 20.8 Å². The highest BCUT2D eigenvalue weighted by atomic mass is 32.2. The molecular formula is C15H33N3O3S. The van der Waals surface area contributed by atoms with Crippen LogP contribution in [0.4, 0.5) is 0 Å². The van der Waals surface area contributed by atoms with Gasteiger partial charge in [0.15, 0.2) is 0 Å². The Hall–Kier alpha value is -0.210. The molecule has 1 fully saturated rings. The van der Waals surface area contributed by atoms with E-state index in [1.165, 1.54) is 4.31 Å². The maximum atomic E-state index is 11.7. The molecule has 0 aliphatic carbocycles. The van der Waals surface area contributed by atoms with Gasteiger partial charge in [-0.3, -0.25) is 4.90 Å². The van der Waals surface area contributed by atoms with E-state index in [0.717, 1.165) is 32.7 Å². The molecule has 1 heterocycles. The summed E-state index contributed by atoms with van der Waals surface area (Å²) in [5.74, 6) is 0.211. The minimum absolute atomic E-state index is 0.0856. The lowest BCUT2D eigenvalue weighted by Gasteiger charge is -2.38. The van der Waals surface area contributed by atoms with Crippen LogP contribution in [0.25, 0.3) is 0 Å². The van der Waals surface area contributed by atoms with Gasteiger partial charge in [0.1, 0.15) is 0 Å². The van der Waals surface area contributed by atoms with Crippen molar-refractivity contribution in [1.29, 1.82) is 0 Å². The van der Waals surface area contributed by atoms with Crippen molar-refractivity contribution < 1.29 is 13.5 Å². The summed E-state index contributed by atoms with van der Waals surface area (Å²) in [7, 11) is 0.0772. The van der Waals surface area contributed by atoms with Crippen LogP contribution in [0.2, 0.25) is 0 Å². The fourth-order valence-electron chi connectivity index (χ4n) is 2.37. The van der Waals surface area contributed by atoms with Crippen molar-refractivity contribution >= 4 is 10.0 Å². The number of sulfonamides is 1. The summed E-state index contributed by atoms with van der Waals surface area (Å²) in [6.45, 7) is 11.5. The van der Waals surface area contributed by atoms with Gasteiger partial charge < -0.3 is 10.0 Å². The topological polar surface area (TPSA) is 64.1 Å². The van der Waals surface area contributed by atoms with Gasteiger partial charge in [0.2, 0.25) is 10.0 Å². The first kappa shape index (κ1) is 19.8. The van der Waals surface area contributed by atoms with Crippen LogP contribution in [0.5, 0.6) is 0 Å². The van der Waals surface area contributed by atoms with Crippen molar-refractivity contribution in [3.8, 4) is 0 Å². The standard InChI is InChI=1S/C15H33N3O3S/c1-15(2,3)14(19)13-18-10-8-17(9-11-18)7-6-12-22(20,21)16(4)5/h14,19H,6-13H2,1-5H3/t14-/m0/s1. The van der Waals surface area contributed by atoms with Crippen molar-refractivity contribution in [3.05, 3.63) is 0 Å². The molecule has 1 rings (SSSR count). The number of aliphatic hydroxyl groups excluding tert-OH is 1. The molecule has 1 atom stereocenters. The molecule has 7 heteroatoms. The summed E-state index contributed by atoms with van der Waals surface area (Å²) >= 11 is 0. The zero-order valence-corrected chi connectivity index (χ0v) is 15.6. The van der Waals surface area contributed by atoms with E-state index >= 15 is 0 Å². The first-order valence-corrected chi connectivity index (χ1v) is 9.66. The maximum Gasteiger partial charge on any atom is 0.213 e. The molecule has 22 heavy (non-hydrogen) atoms. The minimum atomic E-state index is -3.08. The average molecular weight is 336 g/mol. The predicted octanol–water partition coefficient (Wildman–Crippen LogP) is 0.293. The van der Waals surface area contributed by atoms with Crippen molar-refractivity contribution in [2.75, 3.05) is 59.1 Å². The largest absolute Gasteiger partial charge is 0.391 e. The number of aliphatic hydroxyl groups is 1. The first-order valence-electron chi connectivity index (χ1n) is 8.05. The van der Waals surface area contributed by atoms with Gasteiger partial charge in [0.05, 0.1) is 11.9 Å². The third-order valence-electron chi connectivity index (χ3n) is 4.33. The minimum Gasteiger partial charge on any atom is -0.391 e. The second kappa shape index (κ2) is 8.06. The van der Waals surface area contributed by atoms with E-state index in [1.807, 2.05) is 0 Å². The Bertz CT molecular complexity index is 424. The second-order valence-electron chi connectivity index (χ2n) is 7.48. The normalized spacial score (nSPS) is 20.5. The Balaban J connectivity index is 2.26. The Kier molecular flexibility index (Phi) is 7.26. The molecule has 1 aliphatic heterocycles. The Morgan fingerprint density at radius 1 is 1.09 bits per heavy atom. The van der Waals surface area contributed by atoms with Crippen molar-refractivity contribution in [1.82, 2.24) is 14.1 Å². The van der Waals surface area contributed by atoms with E-state index in [1.54, 1.807) is 14.1 Å². The van der Waals surface area contributed by atoms with Gasteiger partial charge in [-0.2, -0.15) is 0 Å². The molecule has 0 bridgehead atoms. The van der Waals surface area contributed by atoms with Crippen LogP contribution in [-0.4, -0.2) is 92.9 Å². The summed E-state index contributed by atoms with van der Waals surface area (Å²) in [4.78, 5) is 4.61. The van der Waals surface area contributed by atoms with Crippen LogP contribution in [-0.2, 0) is 10.0 Å². The quantitative estimate of drug-likeness (QED) is 0.725. The lowest BCUT2D eigenvalue weighted by molar-refractivity contribution is 0.0135. The Morgan fingerprint density at radius 2 is 1.59 bits per heavy atom. The van der Waals surface area contributed by atoms with Gasteiger partial charge in [0.25, 0.3) is 0 Å². The first-order chi connectivity index (χ1) is 10.0. The molecule has 0 aromatic rings. The molecule has 0 saturated carbocycles. The summed E-state index contributed by atoms with van der Waals surface area (Å²) in [6, 6.07) is 0. The van der Waals surface area contributed by atoms with E-state index in [0.29, 0.717) is 13.0 Å². The zero-order valence-electron chi connectivity index (χ0n) is 14.7. The molecule has 0 aromatic heterocycles. The molecule has 1 N–H and O–H groups in total. The van der Waals surface area contributed by atoms with Crippen molar-refractivity contribution in [2.45, 2.75) is 33.3 Å². The molecule has 0 radical (unpaired) electrons. The fraction of sp³-hybridized carbons (Fsp3) is 1.00. The van der Waals surface area contributed by atoms with Crippen molar-refractivity contribution in [3.63, 3.8) is 0 Å². The van der Waals surface area contributed by atoms with Gasteiger partial charge in [-0.05, 0) is 18.4 Å². The molecular weight excluding hydrogens is 302 g/mol. The van der Waals surface area contributed by atoms with Gasteiger partial charge >= 0.3 is 0 Å². The molecule has 0 unspecified atom stereocenters. The third kappa shape index (κ3) is 6.50. The molecule has 132 valence electrons. The SMILES string of the molecule is CN(C)S(=O)(=O)CCCN1CCN(C[C@H](O)C(C)(C)C)CC1. The highest BCUT2D eigenvalue weighted by Crippen LogP contribution is 2.20. The smallest absolute Gasteiger partial charge is 0.213 e. The number of hydrogen-bond acceptors (Lipinski definition) is 5. The molecule has 6 nitrogen and oxygen atoms in total. The Labute approximate surface area is 136 Å². The van der Waals surface area contributed by atoms with Crippen LogP contribution >= 0.6 is 0 Å². The van der Waals surface area contributed by atoms with Crippen LogP contribution in [0.15, 0.2) is 0 Å². The van der Waals surface area contributed by atoms with Gasteiger partial charge in [0, 0.05) is 46.8 Å². The number of nitrogens with zero attached hydrogens (tertiary/aromatic N) is 3.